The van der Waals surface area contributed by atoms with E-state index in [0.717, 1.165) is 24.0 Å². The lowest BCUT2D eigenvalue weighted by molar-refractivity contribution is -0.116. The number of hydrogen-bond donors (Lipinski definition) is 2. The molecule has 0 atom stereocenters. The molecule has 2 N–H and O–H groups in total. The van der Waals surface area contributed by atoms with Crippen molar-refractivity contribution in [2.75, 3.05) is 20.3 Å². The Balaban J connectivity index is 1.86. The molecule has 5 heteroatoms. The van der Waals surface area contributed by atoms with Crippen molar-refractivity contribution in [3.63, 3.8) is 0 Å². The number of amides is 1. The van der Waals surface area contributed by atoms with Crippen LogP contribution in [-0.2, 0) is 11.2 Å². The van der Waals surface area contributed by atoms with Crippen molar-refractivity contribution < 1.29 is 19.4 Å². The monoisotopic (exact) mass is 369 g/mol. The average molecular weight is 369 g/mol. The Labute approximate surface area is 160 Å². The van der Waals surface area contributed by atoms with E-state index in [1.807, 2.05) is 30.3 Å². The fourth-order valence-electron chi connectivity index (χ4n) is 2.46. The minimum Gasteiger partial charge on any atom is -0.508 e. The van der Waals surface area contributed by atoms with Gasteiger partial charge in [0.25, 0.3) is 0 Å². The Hall–Kier alpha value is -2.95. The standard InChI is InChI=1S/C22H27NO4/c1-3-4-15-27-21-16-18(7-11-20(21)26-2)8-12-22(25)23-14-13-17-5-9-19(24)10-6-17/h5-12,16,24H,3-4,13-15H2,1-2H3,(H,23,25)/b12-8+. The molecule has 0 unspecified atom stereocenters. The number of aromatic hydroxyl groups is 1. The van der Waals surface area contributed by atoms with Crippen LogP contribution in [0.4, 0.5) is 0 Å². The second kappa shape index (κ2) is 10.9. The van der Waals surface area contributed by atoms with Crippen molar-refractivity contribution in [1.82, 2.24) is 5.32 Å². The smallest absolute Gasteiger partial charge is 0.244 e. The third-order valence-electron chi connectivity index (χ3n) is 4.02. The van der Waals surface area contributed by atoms with Crippen LogP contribution in [0.2, 0.25) is 0 Å². The van der Waals surface area contributed by atoms with Crippen LogP contribution in [0, 0.1) is 0 Å². The summed E-state index contributed by atoms with van der Waals surface area (Å²) in [6, 6.07) is 12.6. The topological polar surface area (TPSA) is 67.8 Å². The van der Waals surface area contributed by atoms with Gasteiger partial charge in [0.15, 0.2) is 11.5 Å². The van der Waals surface area contributed by atoms with Gasteiger partial charge in [0.2, 0.25) is 5.91 Å². The highest BCUT2D eigenvalue weighted by Gasteiger charge is 2.05. The van der Waals surface area contributed by atoms with Gasteiger partial charge in [-0.25, -0.2) is 0 Å². The molecule has 0 spiro atoms. The van der Waals surface area contributed by atoms with Crippen LogP contribution in [0.3, 0.4) is 0 Å². The van der Waals surface area contributed by atoms with E-state index in [0.29, 0.717) is 31.1 Å². The summed E-state index contributed by atoms with van der Waals surface area (Å²) in [7, 11) is 1.61. The molecule has 2 rings (SSSR count). The zero-order chi connectivity index (χ0) is 19.5. The molecule has 0 aromatic heterocycles. The minimum absolute atomic E-state index is 0.155. The Bertz CT molecular complexity index is 753. The van der Waals surface area contributed by atoms with Crippen LogP contribution in [0.1, 0.15) is 30.9 Å². The van der Waals surface area contributed by atoms with Gasteiger partial charge in [-0.3, -0.25) is 4.79 Å². The molecule has 0 saturated heterocycles. The molecule has 0 bridgehead atoms. The van der Waals surface area contributed by atoms with E-state index in [9.17, 15) is 9.90 Å². The maximum absolute atomic E-state index is 12.0. The van der Waals surface area contributed by atoms with Crippen molar-refractivity contribution in [2.45, 2.75) is 26.2 Å². The lowest BCUT2D eigenvalue weighted by atomic mass is 10.1. The summed E-state index contributed by atoms with van der Waals surface area (Å²) in [5.74, 6) is 1.45. The number of benzene rings is 2. The second-order valence-electron chi connectivity index (χ2n) is 6.15. The van der Waals surface area contributed by atoms with Crippen LogP contribution in [0.5, 0.6) is 17.2 Å². The number of methoxy groups -OCH3 is 1. The van der Waals surface area contributed by atoms with Crippen molar-refractivity contribution in [1.29, 1.82) is 0 Å². The average Bonchev–Trinajstić information content (AvgIpc) is 2.68. The number of ether oxygens (including phenoxy) is 2. The van der Waals surface area contributed by atoms with Gasteiger partial charge < -0.3 is 19.9 Å². The molecule has 2 aromatic carbocycles. The zero-order valence-electron chi connectivity index (χ0n) is 15.9. The van der Waals surface area contributed by atoms with E-state index in [4.69, 9.17) is 9.47 Å². The molecule has 0 aliphatic heterocycles. The first kappa shape index (κ1) is 20.4. The number of carbonyl (C=O) groups excluding carboxylic acids is 1. The SMILES string of the molecule is CCCCOc1cc(/C=C/C(=O)NCCc2ccc(O)cc2)ccc1OC. The number of phenolic OH excluding ortho intramolecular Hbond substituents is 1. The third-order valence-corrected chi connectivity index (χ3v) is 4.02. The number of unbranched alkanes of at least 4 members (excludes halogenated alkanes) is 1. The first-order valence-electron chi connectivity index (χ1n) is 9.17. The summed E-state index contributed by atoms with van der Waals surface area (Å²) in [6.45, 7) is 3.28. The first-order chi connectivity index (χ1) is 13.1. The van der Waals surface area contributed by atoms with E-state index < -0.39 is 0 Å². The predicted molar refractivity (Wildman–Crippen MR) is 107 cm³/mol. The Kier molecular flexibility index (Phi) is 8.23. The molecule has 2 aromatic rings. The Morgan fingerprint density at radius 2 is 1.93 bits per heavy atom. The van der Waals surface area contributed by atoms with Gasteiger partial charge in [-0.2, -0.15) is 0 Å². The second-order valence-corrected chi connectivity index (χ2v) is 6.15. The molecule has 1 amide bonds. The highest BCUT2D eigenvalue weighted by Crippen LogP contribution is 2.28. The molecule has 0 saturated carbocycles. The van der Waals surface area contributed by atoms with Crippen molar-refractivity contribution in [3.8, 4) is 17.2 Å². The molecule has 5 nitrogen and oxygen atoms in total. The van der Waals surface area contributed by atoms with Gasteiger partial charge in [-0.1, -0.05) is 31.5 Å². The summed E-state index contributed by atoms with van der Waals surface area (Å²) < 4.78 is 11.1. The first-order valence-corrected chi connectivity index (χ1v) is 9.17. The number of carbonyl (C=O) groups is 1. The van der Waals surface area contributed by atoms with E-state index in [2.05, 4.69) is 12.2 Å². The summed E-state index contributed by atoms with van der Waals surface area (Å²) in [5, 5.41) is 12.1. The summed E-state index contributed by atoms with van der Waals surface area (Å²) in [4.78, 5) is 12.0. The van der Waals surface area contributed by atoms with Gasteiger partial charge in [0.1, 0.15) is 5.75 Å². The molecule has 0 fully saturated rings. The molecule has 27 heavy (non-hydrogen) atoms. The normalized spacial score (nSPS) is 10.7. The largest absolute Gasteiger partial charge is 0.508 e. The van der Waals surface area contributed by atoms with Crippen molar-refractivity contribution in [3.05, 3.63) is 59.7 Å². The fourth-order valence-corrected chi connectivity index (χ4v) is 2.46. The summed E-state index contributed by atoms with van der Waals surface area (Å²) in [6.07, 6.45) is 6.01. The molecular weight excluding hydrogens is 342 g/mol. The molecule has 0 radical (unpaired) electrons. The lowest BCUT2D eigenvalue weighted by Crippen LogP contribution is -2.23. The highest BCUT2D eigenvalue weighted by atomic mass is 16.5. The summed E-state index contributed by atoms with van der Waals surface area (Å²) >= 11 is 0. The summed E-state index contributed by atoms with van der Waals surface area (Å²) in [5.41, 5.74) is 1.93. The van der Waals surface area contributed by atoms with Gasteiger partial charge in [0, 0.05) is 12.6 Å². The van der Waals surface area contributed by atoms with E-state index >= 15 is 0 Å². The maximum atomic E-state index is 12.0. The maximum Gasteiger partial charge on any atom is 0.244 e. The van der Waals surface area contributed by atoms with Crippen molar-refractivity contribution in [2.24, 2.45) is 0 Å². The van der Waals surface area contributed by atoms with Crippen LogP contribution in [-0.4, -0.2) is 31.3 Å². The number of phenols is 1. The fraction of sp³-hybridized carbons (Fsp3) is 0.318. The number of rotatable bonds is 10. The third kappa shape index (κ3) is 7.05. The van der Waals surface area contributed by atoms with Crippen LogP contribution >= 0.6 is 0 Å². The highest BCUT2D eigenvalue weighted by molar-refractivity contribution is 5.91. The minimum atomic E-state index is -0.155. The van der Waals surface area contributed by atoms with Crippen LogP contribution < -0.4 is 14.8 Å². The Morgan fingerprint density at radius 3 is 2.63 bits per heavy atom. The van der Waals surface area contributed by atoms with E-state index in [1.165, 1.54) is 6.08 Å². The molecule has 0 aliphatic rings. The molecule has 144 valence electrons. The quantitative estimate of drug-likeness (QED) is 0.491. The molecule has 0 heterocycles. The van der Waals surface area contributed by atoms with Gasteiger partial charge in [-0.05, 0) is 54.3 Å². The lowest BCUT2D eigenvalue weighted by Gasteiger charge is -2.11. The number of nitrogens with one attached hydrogen (secondary N) is 1. The van der Waals surface area contributed by atoms with E-state index in [1.54, 1.807) is 25.3 Å². The van der Waals surface area contributed by atoms with Gasteiger partial charge in [0.05, 0.1) is 13.7 Å². The van der Waals surface area contributed by atoms with Gasteiger partial charge >= 0.3 is 0 Å². The molecular formula is C22H27NO4. The van der Waals surface area contributed by atoms with Crippen LogP contribution in [0.25, 0.3) is 6.08 Å². The Morgan fingerprint density at radius 1 is 1.15 bits per heavy atom. The molecule has 0 aliphatic carbocycles. The predicted octanol–water partition coefficient (Wildman–Crippen LogP) is 3.95. The zero-order valence-corrected chi connectivity index (χ0v) is 15.9. The number of hydrogen-bond acceptors (Lipinski definition) is 4. The van der Waals surface area contributed by atoms with Gasteiger partial charge in [-0.15, -0.1) is 0 Å². The van der Waals surface area contributed by atoms with E-state index in [-0.39, 0.29) is 11.7 Å². The van der Waals surface area contributed by atoms with Crippen molar-refractivity contribution >= 4 is 12.0 Å². The van der Waals surface area contributed by atoms with Crippen LogP contribution in [0.15, 0.2) is 48.5 Å².